The van der Waals surface area contributed by atoms with Crippen LogP contribution in [0.2, 0.25) is 0 Å². The first-order valence-electron chi connectivity index (χ1n) is 6.97. The third-order valence-corrected chi connectivity index (χ3v) is 3.42. The van der Waals surface area contributed by atoms with Crippen LogP contribution in [0.4, 0.5) is 13.2 Å². The van der Waals surface area contributed by atoms with Crippen LogP contribution >= 0.6 is 0 Å². The summed E-state index contributed by atoms with van der Waals surface area (Å²) in [4.78, 5) is 28.4. The van der Waals surface area contributed by atoms with Crippen molar-refractivity contribution < 1.29 is 32.6 Å². The van der Waals surface area contributed by atoms with Crippen LogP contribution in [0.3, 0.4) is 0 Å². The number of hydrogen-bond donors (Lipinski definition) is 1. The fraction of sp³-hybridized carbons (Fsp3) is 0.500. The third kappa shape index (κ3) is 4.57. The molecule has 2 heterocycles. The first kappa shape index (κ1) is 17.0. The fourth-order valence-corrected chi connectivity index (χ4v) is 2.35. The van der Waals surface area contributed by atoms with Crippen LogP contribution in [-0.2, 0) is 4.79 Å². The van der Waals surface area contributed by atoms with Crippen LogP contribution in [0, 0.1) is 0 Å². The van der Waals surface area contributed by atoms with Gasteiger partial charge in [-0.1, -0.05) is 0 Å². The summed E-state index contributed by atoms with van der Waals surface area (Å²) in [7, 11) is 0. The molecule has 23 heavy (non-hydrogen) atoms. The van der Waals surface area contributed by atoms with Gasteiger partial charge in [0.05, 0.1) is 5.56 Å². The van der Waals surface area contributed by atoms with E-state index in [2.05, 4.69) is 9.72 Å². The molecule has 0 bridgehead atoms. The highest BCUT2D eigenvalue weighted by Crippen LogP contribution is 2.21. The number of pyridine rings is 1. The lowest BCUT2D eigenvalue weighted by atomic mass is 10.0. The van der Waals surface area contributed by atoms with E-state index in [4.69, 9.17) is 5.11 Å². The lowest BCUT2D eigenvalue weighted by Gasteiger charge is -2.32. The number of amides is 1. The molecule has 1 N–H and O–H groups in total. The summed E-state index contributed by atoms with van der Waals surface area (Å²) in [6.45, 7) is -1.15. The van der Waals surface area contributed by atoms with Crippen LogP contribution in [0.25, 0.3) is 0 Å². The number of likely N-dealkylation sites (tertiary alicyclic amines) is 1. The van der Waals surface area contributed by atoms with Crippen LogP contribution < -0.4 is 4.74 Å². The largest absolute Gasteiger partial charge is 0.480 e. The predicted molar refractivity (Wildman–Crippen MR) is 72.1 cm³/mol. The monoisotopic (exact) mass is 332 g/mol. The van der Waals surface area contributed by atoms with Gasteiger partial charge in [0.2, 0.25) is 5.88 Å². The van der Waals surface area contributed by atoms with E-state index >= 15 is 0 Å². The quantitative estimate of drug-likeness (QED) is 0.913. The van der Waals surface area contributed by atoms with Gasteiger partial charge in [0.15, 0.2) is 6.61 Å². The molecule has 9 heteroatoms. The Balaban J connectivity index is 2.06. The second-order valence-corrected chi connectivity index (χ2v) is 5.14. The maximum Gasteiger partial charge on any atom is 0.422 e. The molecule has 0 unspecified atom stereocenters. The molecule has 1 aromatic heterocycles. The number of rotatable bonds is 4. The average Bonchev–Trinajstić information content (AvgIpc) is 2.52. The molecule has 1 aliphatic rings. The number of ether oxygens (including phenoxy) is 1. The zero-order valence-corrected chi connectivity index (χ0v) is 12.0. The molecule has 1 saturated heterocycles. The number of piperidine rings is 1. The Morgan fingerprint density at radius 2 is 2.09 bits per heavy atom. The maximum atomic E-state index is 12.3. The van der Waals surface area contributed by atoms with E-state index in [1.807, 2.05) is 0 Å². The summed E-state index contributed by atoms with van der Waals surface area (Å²) < 4.78 is 40.6. The highest BCUT2D eigenvalue weighted by Gasteiger charge is 2.32. The number of aliphatic carboxylic acids is 1. The van der Waals surface area contributed by atoms with Crippen molar-refractivity contribution in [3.8, 4) is 5.88 Å². The van der Waals surface area contributed by atoms with Gasteiger partial charge < -0.3 is 14.7 Å². The molecule has 0 aliphatic carbocycles. The van der Waals surface area contributed by atoms with Gasteiger partial charge >= 0.3 is 12.1 Å². The van der Waals surface area contributed by atoms with E-state index in [1.54, 1.807) is 0 Å². The van der Waals surface area contributed by atoms with Gasteiger partial charge in [-0.3, -0.25) is 4.79 Å². The van der Waals surface area contributed by atoms with Crippen molar-refractivity contribution in [2.75, 3.05) is 13.2 Å². The van der Waals surface area contributed by atoms with Gasteiger partial charge in [-0.25, -0.2) is 9.78 Å². The molecule has 0 saturated carbocycles. The van der Waals surface area contributed by atoms with Crippen molar-refractivity contribution >= 4 is 11.9 Å². The van der Waals surface area contributed by atoms with Gasteiger partial charge in [-0.05, 0) is 25.3 Å². The average molecular weight is 332 g/mol. The number of carbonyl (C=O) groups is 2. The SMILES string of the molecule is O=C(O)[C@H]1CCCCN1C(=O)c1ccc(OCC(F)(F)F)nc1. The topological polar surface area (TPSA) is 79.7 Å². The van der Waals surface area contributed by atoms with E-state index in [1.165, 1.54) is 11.0 Å². The minimum absolute atomic E-state index is 0.109. The van der Waals surface area contributed by atoms with E-state index in [9.17, 15) is 22.8 Å². The molecule has 2 rings (SSSR count). The number of alkyl halides is 3. The van der Waals surface area contributed by atoms with Gasteiger partial charge in [-0.15, -0.1) is 0 Å². The molecule has 1 aromatic rings. The number of carbonyl (C=O) groups excluding carboxylic acids is 1. The zero-order valence-electron chi connectivity index (χ0n) is 12.0. The van der Waals surface area contributed by atoms with Crippen molar-refractivity contribution in [3.05, 3.63) is 23.9 Å². The Hall–Kier alpha value is -2.32. The highest BCUT2D eigenvalue weighted by atomic mass is 19.4. The summed E-state index contributed by atoms with van der Waals surface area (Å²) in [6.07, 6.45) is -1.58. The molecular weight excluding hydrogens is 317 g/mol. The smallest absolute Gasteiger partial charge is 0.422 e. The standard InChI is InChI=1S/C14H15F3N2O4/c15-14(16,17)8-23-11-5-4-9(7-18-11)12(20)19-6-2-1-3-10(19)13(21)22/h4-5,7,10H,1-3,6,8H2,(H,21,22)/t10-/m1/s1. The minimum atomic E-state index is -4.47. The Morgan fingerprint density at radius 3 is 2.65 bits per heavy atom. The number of nitrogens with zero attached hydrogens (tertiary/aromatic N) is 2. The normalized spacial score (nSPS) is 18.6. The summed E-state index contributed by atoms with van der Waals surface area (Å²) in [5.41, 5.74) is 0.109. The lowest BCUT2D eigenvalue weighted by molar-refractivity contribution is -0.154. The maximum absolute atomic E-state index is 12.3. The highest BCUT2D eigenvalue weighted by molar-refractivity contribution is 5.96. The second kappa shape index (κ2) is 6.84. The molecule has 126 valence electrons. The van der Waals surface area contributed by atoms with Crippen molar-refractivity contribution in [3.63, 3.8) is 0 Å². The number of aromatic nitrogens is 1. The minimum Gasteiger partial charge on any atom is -0.480 e. The second-order valence-electron chi connectivity index (χ2n) is 5.14. The molecule has 1 aliphatic heterocycles. The van der Waals surface area contributed by atoms with E-state index < -0.39 is 30.7 Å². The molecule has 0 radical (unpaired) electrons. The Labute approximate surface area is 129 Å². The molecule has 0 aromatic carbocycles. The molecule has 0 spiro atoms. The lowest BCUT2D eigenvalue weighted by Crippen LogP contribution is -2.48. The summed E-state index contributed by atoms with van der Waals surface area (Å²) in [5, 5.41) is 9.16. The first-order chi connectivity index (χ1) is 10.8. The van der Waals surface area contributed by atoms with Gasteiger partial charge in [-0.2, -0.15) is 13.2 Å². The number of halogens is 3. The molecule has 1 amide bonds. The van der Waals surface area contributed by atoms with Crippen molar-refractivity contribution in [2.24, 2.45) is 0 Å². The summed E-state index contributed by atoms with van der Waals surface area (Å²) in [5.74, 6) is -1.84. The predicted octanol–water partition coefficient (Wildman–Crippen LogP) is 2.10. The van der Waals surface area contributed by atoms with Crippen LogP contribution in [0.15, 0.2) is 18.3 Å². The van der Waals surface area contributed by atoms with Gasteiger partial charge in [0, 0.05) is 18.8 Å². The van der Waals surface area contributed by atoms with Crippen molar-refractivity contribution in [2.45, 2.75) is 31.5 Å². The third-order valence-electron chi connectivity index (χ3n) is 3.42. The Morgan fingerprint density at radius 1 is 1.35 bits per heavy atom. The van der Waals surface area contributed by atoms with Crippen molar-refractivity contribution in [1.29, 1.82) is 0 Å². The van der Waals surface area contributed by atoms with Crippen LogP contribution in [-0.4, -0.2) is 52.2 Å². The molecular formula is C14H15F3N2O4. The first-order valence-corrected chi connectivity index (χ1v) is 6.97. The van der Waals surface area contributed by atoms with Crippen LogP contribution in [0.5, 0.6) is 5.88 Å². The Bertz CT molecular complexity index is 574. The zero-order chi connectivity index (χ0) is 17.0. The summed E-state index contributed by atoms with van der Waals surface area (Å²) in [6, 6.07) is 1.53. The number of hydrogen-bond acceptors (Lipinski definition) is 4. The van der Waals surface area contributed by atoms with E-state index in [-0.39, 0.29) is 11.4 Å². The molecule has 6 nitrogen and oxygen atoms in total. The van der Waals surface area contributed by atoms with E-state index in [0.29, 0.717) is 19.4 Å². The Kier molecular flexibility index (Phi) is 5.07. The molecule has 1 fully saturated rings. The van der Waals surface area contributed by atoms with Gasteiger partial charge in [0.1, 0.15) is 6.04 Å². The summed E-state index contributed by atoms with van der Waals surface area (Å²) >= 11 is 0. The van der Waals surface area contributed by atoms with E-state index in [0.717, 1.165) is 18.7 Å². The van der Waals surface area contributed by atoms with Crippen molar-refractivity contribution in [1.82, 2.24) is 9.88 Å². The number of carboxylic acid groups (broad SMARTS) is 1. The van der Waals surface area contributed by atoms with Crippen LogP contribution in [0.1, 0.15) is 29.6 Å². The fourth-order valence-electron chi connectivity index (χ4n) is 2.35. The van der Waals surface area contributed by atoms with Gasteiger partial charge in [0.25, 0.3) is 5.91 Å². The number of carboxylic acids is 1. The molecule has 1 atom stereocenters.